The van der Waals surface area contributed by atoms with Gasteiger partial charge in [0, 0.05) is 18.3 Å². The van der Waals surface area contributed by atoms with Crippen molar-refractivity contribution in [1.82, 2.24) is 5.32 Å². The van der Waals surface area contributed by atoms with Crippen LogP contribution >= 0.6 is 0 Å². The molecule has 0 heterocycles. The molecule has 0 spiro atoms. The quantitative estimate of drug-likeness (QED) is 0.648. The van der Waals surface area contributed by atoms with Crippen molar-refractivity contribution in [1.29, 1.82) is 0 Å². The van der Waals surface area contributed by atoms with Gasteiger partial charge in [0.2, 0.25) is 0 Å². The molecule has 0 bridgehead atoms. The zero-order valence-electron chi connectivity index (χ0n) is 10.7. The van der Waals surface area contributed by atoms with Gasteiger partial charge in [0.25, 0.3) is 0 Å². The Morgan fingerprint density at radius 1 is 1.39 bits per heavy atom. The minimum absolute atomic E-state index is 0.352. The number of carboxylic acid groups (broad SMARTS) is 1. The van der Waals surface area contributed by atoms with E-state index in [1.165, 1.54) is 12.8 Å². The summed E-state index contributed by atoms with van der Waals surface area (Å²) in [5.74, 6) is -0.877. The Morgan fingerprint density at radius 2 is 2.17 bits per heavy atom. The van der Waals surface area contributed by atoms with Crippen LogP contribution in [0.1, 0.15) is 35.2 Å². The van der Waals surface area contributed by atoms with E-state index in [0.717, 1.165) is 31.1 Å². The van der Waals surface area contributed by atoms with E-state index in [1.54, 1.807) is 6.07 Å². The summed E-state index contributed by atoms with van der Waals surface area (Å²) in [7, 11) is 0. The Morgan fingerprint density at radius 3 is 2.83 bits per heavy atom. The zero-order valence-corrected chi connectivity index (χ0v) is 10.7. The number of aromatic carboxylic acids is 1. The smallest absolute Gasteiger partial charge is 0.337 e. The van der Waals surface area contributed by atoms with Gasteiger partial charge in [-0.15, -0.1) is 0 Å². The van der Waals surface area contributed by atoms with Crippen molar-refractivity contribution in [3.63, 3.8) is 0 Å². The minimum Gasteiger partial charge on any atom is -0.478 e. The van der Waals surface area contributed by atoms with Crippen molar-refractivity contribution >= 4 is 11.7 Å². The summed E-state index contributed by atoms with van der Waals surface area (Å²) in [5.41, 5.74) is 2.03. The van der Waals surface area contributed by atoms with Gasteiger partial charge in [-0.1, -0.05) is 11.6 Å². The fourth-order valence-electron chi connectivity index (χ4n) is 1.89. The number of rotatable bonds is 7. The average Bonchev–Trinajstić information content (AvgIpc) is 3.14. The molecule has 0 aliphatic heterocycles. The van der Waals surface area contributed by atoms with Crippen molar-refractivity contribution in [3.05, 3.63) is 29.3 Å². The van der Waals surface area contributed by atoms with Crippen molar-refractivity contribution in [2.75, 3.05) is 18.4 Å². The van der Waals surface area contributed by atoms with E-state index in [-0.39, 0.29) is 0 Å². The van der Waals surface area contributed by atoms with Gasteiger partial charge in [0.1, 0.15) is 0 Å². The standard InChI is InChI=1S/C14H20N2O2/c1-10-3-6-13(12(9-10)14(17)18)16-8-2-7-15-11-4-5-11/h3,6,9,11,15-16H,2,4-5,7-8H2,1H3,(H,17,18). The Balaban J connectivity index is 1.81. The van der Waals surface area contributed by atoms with Crippen LogP contribution in [0, 0.1) is 6.92 Å². The van der Waals surface area contributed by atoms with E-state index in [1.807, 2.05) is 19.1 Å². The molecule has 0 aromatic heterocycles. The maximum Gasteiger partial charge on any atom is 0.337 e. The van der Waals surface area contributed by atoms with Crippen LogP contribution in [-0.4, -0.2) is 30.2 Å². The fourth-order valence-corrected chi connectivity index (χ4v) is 1.89. The van der Waals surface area contributed by atoms with Crippen molar-refractivity contribution < 1.29 is 9.90 Å². The van der Waals surface area contributed by atoms with Gasteiger partial charge in [-0.25, -0.2) is 4.79 Å². The molecule has 1 aliphatic carbocycles. The molecule has 0 amide bonds. The van der Waals surface area contributed by atoms with Gasteiger partial charge < -0.3 is 15.7 Å². The van der Waals surface area contributed by atoms with E-state index in [9.17, 15) is 4.79 Å². The number of carboxylic acids is 1. The molecule has 0 radical (unpaired) electrons. The molecule has 18 heavy (non-hydrogen) atoms. The number of anilines is 1. The summed E-state index contributed by atoms with van der Waals surface area (Å²) in [4.78, 5) is 11.1. The lowest BCUT2D eigenvalue weighted by molar-refractivity contribution is 0.0698. The molecule has 1 aromatic carbocycles. The third-order valence-electron chi connectivity index (χ3n) is 3.08. The van der Waals surface area contributed by atoms with Gasteiger partial charge in [0.15, 0.2) is 0 Å². The number of nitrogens with one attached hydrogen (secondary N) is 2. The highest BCUT2D eigenvalue weighted by Gasteiger charge is 2.19. The highest BCUT2D eigenvalue weighted by molar-refractivity contribution is 5.94. The van der Waals surface area contributed by atoms with Crippen molar-refractivity contribution in [2.45, 2.75) is 32.2 Å². The van der Waals surface area contributed by atoms with Crippen LogP contribution < -0.4 is 10.6 Å². The second kappa shape index (κ2) is 5.87. The molecule has 0 saturated heterocycles. The van der Waals surface area contributed by atoms with Crippen LogP contribution in [0.4, 0.5) is 5.69 Å². The maximum atomic E-state index is 11.1. The molecule has 3 N–H and O–H groups in total. The number of benzene rings is 1. The van der Waals surface area contributed by atoms with E-state index in [4.69, 9.17) is 5.11 Å². The topological polar surface area (TPSA) is 61.4 Å². The van der Waals surface area contributed by atoms with Gasteiger partial charge in [-0.2, -0.15) is 0 Å². The number of carbonyl (C=O) groups is 1. The van der Waals surface area contributed by atoms with E-state index in [0.29, 0.717) is 11.3 Å². The van der Waals surface area contributed by atoms with Crippen LogP contribution in [0.15, 0.2) is 18.2 Å². The summed E-state index contributed by atoms with van der Waals surface area (Å²) < 4.78 is 0. The van der Waals surface area contributed by atoms with Crippen LogP contribution in [-0.2, 0) is 0 Å². The molecule has 4 nitrogen and oxygen atoms in total. The largest absolute Gasteiger partial charge is 0.478 e. The molecule has 0 atom stereocenters. The van der Waals surface area contributed by atoms with Crippen LogP contribution in [0.25, 0.3) is 0 Å². The Hall–Kier alpha value is -1.55. The first kappa shape index (κ1) is 12.9. The lowest BCUT2D eigenvalue weighted by atomic mass is 10.1. The zero-order chi connectivity index (χ0) is 13.0. The third kappa shape index (κ3) is 3.74. The molecule has 4 heteroatoms. The summed E-state index contributed by atoms with van der Waals surface area (Å²) in [6.07, 6.45) is 3.60. The minimum atomic E-state index is -0.877. The number of hydrogen-bond acceptors (Lipinski definition) is 3. The first-order valence-corrected chi connectivity index (χ1v) is 6.48. The summed E-state index contributed by atoms with van der Waals surface area (Å²) >= 11 is 0. The highest BCUT2D eigenvalue weighted by atomic mass is 16.4. The molecule has 0 unspecified atom stereocenters. The van der Waals surface area contributed by atoms with E-state index in [2.05, 4.69) is 10.6 Å². The number of hydrogen-bond donors (Lipinski definition) is 3. The molecule has 1 saturated carbocycles. The Kier molecular flexibility index (Phi) is 4.20. The van der Waals surface area contributed by atoms with E-state index >= 15 is 0 Å². The van der Waals surface area contributed by atoms with Crippen molar-refractivity contribution in [3.8, 4) is 0 Å². The normalized spacial score (nSPS) is 14.5. The van der Waals surface area contributed by atoms with Gasteiger partial charge in [0.05, 0.1) is 5.56 Å². The summed E-state index contributed by atoms with van der Waals surface area (Å²) in [6, 6.07) is 6.20. The van der Waals surface area contributed by atoms with Gasteiger partial charge in [-0.05, 0) is 44.9 Å². The first-order valence-electron chi connectivity index (χ1n) is 6.48. The second-order valence-electron chi connectivity index (χ2n) is 4.86. The van der Waals surface area contributed by atoms with Gasteiger partial charge in [-0.3, -0.25) is 0 Å². The third-order valence-corrected chi connectivity index (χ3v) is 3.08. The molecular weight excluding hydrogens is 228 g/mol. The lowest BCUT2D eigenvalue weighted by Gasteiger charge is -2.10. The highest BCUT2D eigenvalue weighted by Crippen LogP contribution is 2.19. The number of aryl methyl sites for hydroxylation is 1. The monoisotopic (exact) mass is 248 g/mol. The van der Waals surface area contributed by atoms with Crippen molar-refractivity contribution in [2.24, 2.45) is 0 Å². The molecule has 98 valence electrons. The summed E-state index contributed by atoms with van der Waals surface area (Å²) in [6.45, 7) is 3.69. The maximum absolute atomic E-state index is 11.1. The van der Waals surface area contributed by atoms with Gasteiger partial charge >= 0.3 is 5.97 Å². The second-order valence-corrected chi connectivity index (χ2v) is 4.86. The molecule has 1 aliphatic rings. The van der Waals surface area contributed by atoms with Crippen LogP contribution in [0.3, 0.4) is 0 Å². The molecule has 1 fully saturated rings. The molecule has 2 rings (SSSR count). The Labute approximate surface area is 107 Å². The first-order chi connectivity index (χ1) is 8.66. The predicted octanol–water partition coefficient (Wildman–Crippen LogP) is 2.25. The Bertz CT molecular complexity index is 428. The van der Waals surface area contributed by atoms with Crippen LogP contribution in [0.5, 0.6) is 0 Å². The fraction of sp³-hybridized carbons (Fsp3) is 0.500. The molecule has 1 aromatic rings. The average molecular weight is 248 g/mol. The van der Waals surface area contributed by atoms with E-state index < -0.39 is 5.97 Å². The lowest BCUT2D eigenvalue weighted by Crippen LogP contribution is -2.20. The summed E-state index contributed by atoms with van der Waals surface area (Å²) in [5, 5.41) is 15.7. The SMILES string of the molecule is Cc1ccc(NCCCNC2CC2)c(C(=O)O)c1. The molecular formula is C14H20N2O2. The predicted molar refractivity (Wildman–Crippen MR) is 72.3 cm³/mol. The van der Waals surface area contributed by atoms with Crippen LogP contribution in [0.2, 0.25) is 0 Å².